The lowest BCUT2D eigenvalue weighted by Gasteiger charge is -2.06. The van der Waals surface area contributed by atoms with E-state index in [0.29, 0.717) is 6.42 Å². The molecule has 4 rings (SSSR count). The van der Waals surface area contributed by atoms with Gasteiger partial charge in [0.2, 0.25) is 5.91 Å². The third-order valence-electron chi connectivity index (χ3n) is 4.79. The zero-order valence-corrected chi connectivity index (χ0v) is 15.8. The molecule has 0 saturated carbocycles. The molecule has 3 aromatic carbocycles. The third-order valence-corrected chi connectivity index (χ3v) is 4.79. The number of nitrogens with one attached hydrogen (secondary N) is 1. The van der Waals surface area contributed by atoms with Crippen LogP contribution in [-0.4, -0.2) is 17.6 Å². The minimum atomic E-state index is -0.0345. The fourth-order valence-electron chi connectivity index (χ4n) is 3.43. The molecule has 140 valence electrons. The fraction of sp³-hybridized carbons (Fsp3) is 0.125. The predicted molar refractivity (Wildman–Crippen MR) is 113 cm³/mol. The van der Waals surface area contributed by atoms with Crippen LogP contribution < -0.4 is 10.1 Å². The van der Waals surface area contributed by atoms with E-state index in [2.05, 4.69) is 40.3 Å². The van der Waals surface area contributed by atoms with Crippen molar-refractivity contribution in [1.82, 2.24) is 4.57 Å². The van der Waals surface area contributed by atoms with Crippen molar-refractivity contribution in [1.29, 1.82) is 0 Å². The van der Waals surface area contributed by atoms with Crippen LogP contribution >= 0.6 is 0 Å². The molecule has 1 heterocycles. The Kier molecular flexibility index (Phi) is 5.11. The Balaban J connectivity index is 1.55. The van der Waals surface area contributed by atoms with Crippen molar-refractivity contribution in [2.45, 2.75) is 13.0 Å². The summed E-state index contributed by atoms with van der Waals surface area (Å²) in [5.41, 5.74) is 4.16. The lowest BCUT2D eigenvalue weighted by atomic mass is 10.1. The van der Waals surface area contributed by atoms with Crippen LogP contribution in [0.2, 0.25) is 0 Å². The zero-order valence-electron chi connectivity index (χ0n) is 15.8. The van der Waals surface area contributed by atoms with Crippen molar-refractivity contribution in [3.05, 3.63) is 96.2 Å². The zero-order chi connectivity index (χ0) is 19.3. The number of aromatic nitrogens is 1. The summed E-state index contributed by atoms with van der Waals surface area (Å²) in [4.78, 5) is 12.6. The minimum Gasteiger partial charge on any atom is -0.497 e. The standard InChI is InChI=1S/C24H22N2O2/c1-28-21-13-11-20(12-14-21)25-24(27)15-19-17-26(16-18-7-3-2-4-8-18)23-10-6-5-9-22(19)23/h2-14,17H,15-16H2,1H3,(H,25,27). The minimum absolute atomic E-state index is 0.0345. The first-order chi connectivity index (χ1) is 13.7. The predicted octanol–water partition coefficient (Wildman–Crippen LogP) is 4.88. The van der Waals surface area contributed by atoms with Crippen molar-refractivity contribution in [3.63, 3.8) is 0 Å². The van der Waals surface area contributed by atoms with Gasteiger partial charge in [-0.15, -0.1) is 0 Å². The molecule has 0 aliphatic heterocycles. The average molecular weight is 370 g/mol. The summed E-state index contributed by atoms with van der Waals surface area (Å²) in [6.07, 6.45) is 2.42. The molecule has 0 fully saturated rings. The van der Waals surface area contributed by atoms with Gasteiger partial charge in [-0.25, -0.2) is 0 Å². The van der Waals surface area contributed by atoms with Gasteiger partial charge in [0.25, 0.3) is 0 Å². The first-order valence-electron chi connectivity index (χ1n) is 9.27. The van der Waals surface area contributed by atoms with Crippen LogP contribution in [0.25, 0.3) is 10.9 Å². The number of ether oxygens (including phenoxy) is 1. The molecule has 4 aromatic rings. The SMILES string of the molecule is COc1ccc(NC(=O)Cc2cn(Cc3ccccc3)c3ccccc23)cc1. The molecule has 0 aliphatic carbocycles. The maximum atomic E-state index is 12.6. The van der Waals surface area contributed by atoms with Gasteiger partial charge in [-0.1, -0.05) is 48.5 Å². The van der Waals surface area contributed by atoms with Gasteiger partial charge in [0.15, 0.2) is 0 Å². The van der Waals surface area contributed by atoms with E-state index in [-0.39, 0.29) is 5.91 Å². The summed E-state index contributed by atoms with van der Waals surface area (Å²) in [5.74, 6) is 0.731. The Morgan fingerprint density at radius 2 is 1.64 bits per heavy atom. The maximum Gasteiger partial charge on any atom is 0.228 e. The highest BCUT2D eigenvalue weighted by atomic mass is 16.5. The molecule has 0 spiro atoms. The van der Waals surface area contributed by atoms with Gasteiger partial charge < -0.3 is 14.6 Å². The van der Waals surface area contributed by atoms with E-state index in [0.717, 1.165) is 34.4 Å². The molecule has 1 aromatic heterocycles. The van der Waals surface area contributed by atoms with Crippen LogP contribution in [0.4, 0.5) is 5.69 Å². The molecule has 4 heteroatoms. The Labute approximate surface area is 164 Å². The summed E-state index contributed by atoms with van der Waals surface area (Å²) in [7, 11) is 1.62. The molecule has 28 heavy (non-hydrogen) atoms. The van der Waals surface area contributed by atoms with Gasteiger partial charge in [0, 0.05) is 29.3 Å². The van der Waals surface area contributed by atoms with Crippen LogP contribution in [0.15, 0.2) is 85.1 Å². The molecular weight excluding hydrogens is 348 g/mol. The average Bonchev–Trinajstić information content (AvgIpc) is 3.06. The topological polar surface area (TPSA) is 43.3 Å². The number of benzene rings is 3. The number of methoxy groups -OCH3 is 1. The summed E-state index contributed by atoms with van der Waals surface area (Å²) in [6.45, 7) is 0.779. The molecular formula is C24H22N2O2. The van der Waals surface area contributed by atoms with Crippen molar-refractivity contribution in [2.75, 3.05) is 12.4 Å². The van der Waals surface area contributed by atoms with Crippen LogP contribution in [0.3, 0.4) is 0 Å². The van der Waals surface area contributed by atoms with Crippen LogP contribution in [-0.2, 0) is 17.8 Å². The highest BCUT2D eigenvalue weighted by molar-refractivity contribution is 5.96. The molecule has 4 nitrogen and oxygen atoms in total. The summed E-state index contributed by atoms with van der Waals surface area (Å²) < 4.78 is 7.36. The van der Waals surface area contributed by atoms with Crippen LogP contribution in [0.5, 0.6) is 5.75 Å². The summed E-state index contributed by atoms with van der Waals surface area (Å²) in [6, 6.07) is 25.9. The monoisotopic (exact) mass is 370 g/mol. The highest BCUT2D eigenvalue weighted by Gasteiger charge is 2.12. The van der Waals surface area contributed by atoms with Gasteiger partial charge in [0.1, 0.15) is 5.75 Å². The lowest BCUT2D eigenvalue weighted by molar-refractivity contribution is -0.115. The maximum absolute atomic E-state index is 12.6. The number of anilines is 1. The summed E-state index contributed by atoms with van der Waals surface area (Å²) in [5, 5.41) is 4.08. The number of hydrogen-bond acceptors (Lipinski definition) is 2. The van der Waals surface area contributed by atoms with E-state index in [4.69, 9.17) is 4.74 Å². The first kappa shape index (κ1) is 17.9. The van der Waals surface area contributed by atoms with Gasteiger partial charge in [-0.3, -0.25) is 4.79 Å². The summed E-state index contributed by atoms with van der Waals surface area (Å²) >= 11 is 0. The number of hydrogen-bond donors (Lipinski definition) is 1. The van der Waals surface area contributed by atoms with Crippen molar-refractivity contribution < 1.29 is 9.53 Å². The second-order valence-electron chi connectivity index (χ2n) is 6.74. The van der Waals surface area contributed by atoms with Crippen LogP contribution in [0.1, 0.15) is 11.1 Å². The molecule has 1 N–H and O–H groups in total. The van der Waals surface area contributed by atoms with E-state index in [1.807, 2.05) is 54.6 Å². The molecule has 0 atom stereocenters. The normalized spacial score (nSPS) is 10.8. The van der Waals surface area contributed by atoms with Gasteiger partial charge in [0.05, 0.1) is 13.5 Å². The molecule has 0 saturated heterocycles. The van der Waals surface area contributed by atoms with Crippen LogP contribution in [0, 0.1) is 0 Å². The molecule has 0 unspecified atom stereocenters. The fourth-order valence-corrected chi connectivity index (χ4v) is 3.43. The van der Waals surface area contributed by atoms with E-state index in [1.165, 1.54) is 5.56 Å². The number of amides is 1. The van der Waals surface area contributed by atoms with E-state index in [9.17, 15) is 4.79 Å². The highest BCUT2D eigenvalue weighted by Crippen LogP contribution is 2.23. The molecule has 0 bridgehead atoms. The number of para-hydroxylation sites is 1. The number of carbonyl (C=O) groups excluding carboxylic acids is 1. The number of nitrogens with zero attached hydrogens (tertiary/aromatic N) is 1. The van der Waals surface area contributed by atoms with E-state index in [1.54, 1.807) is 7.11 Å². The largest absolute Gasteiger partial charge is 0.497 e. The Morgan fingerprint density at radius 3 is 2.39 bits per heavy atom. The van der Waals surface area contributed by atoms with E-state index >= 15 is 0 Å². The van der Waals surface area contributed by atoms with Crippen molar-refractivity contribution in [2.24, 2.45) is 0 Å². The quantitative estimate of drug-likeness (QED) is 0.526. The number of rotatable bonds is 6. The number of carbonyl (C=O) groups is 1. The smallest absolute Gasteiger partial charge is 0.228 e. The van der Waals surface area contributed by atoms with Crippen molar-refractivity contribution in [3.8, 4) is 5.75 Å². The lowest BCUT2D eigenvalue weighted by Crippen LogP contribution is -2.14. The number of fused-ring (bicyclic) bond motifs is 1. The third kappa shape index (κ3) is 3.91. The van der Waals surface area contributed by atoms with Crippen molar-refractivity contribution >= 4 is 22.5 Å². The molecule has 0 radical (unpaired) electrons. The Hall–Kier alpha value is -3.53. The Bertz CT molecular complexity index is 1080. The second kappa shape index (κ2) is 8.01. The first-order valence-corrected chi connectivity index (χ1v) is 9.27. The van der Waals surface area contributed by atoms with Gasteiger partial charge in [-0.05, 0) is 41.5 Å². The molecule has 0 aliphatic rings. The molecule has 1 amide bonds. The van der Waals surface area contributed by atoms with E-state index < -0.39 is 0 Å². The second-order valence-corrected chi connectivity index (χ2v) is 6.74. The Morgan fingerprint density at radius 1 is 0.929 bits per heavy atom. The van der Waals surface area contributed by atoms with Gasteiger partial charge in [-0.2, -0.15) is 0 Å². The van der Waals surface area contributed by atoms with Gasteiger partial charge >= 0.3 is 0 Å².